The number of aryl methyl sites for hydroxylation is 1. The van der Waals surface area contributed by atoms with Crippen LogP contribution < -0.4 is 31.4 Å². The quantitative estimate of drug-likeness (QED) is 0.132. The predicted octanol–water partition coefficient (Wildman–Crippen LogP) is 2.91. The molecule has 4 aromatic rings. The smallest absolute Gasteiger partial charge is 0.407 e. The fourth-order valence-corrected chi connectivity index (χ4v) is 4.86. The third-order valence-electron chi connectivity index (χ3n) is 7.30. The molecule has 0 aliphatic rings. The summed E-state index contributed by atoms with van der Waals surface area (Å²) in [6, 6.07) is 17.6. The van der Waals surface area contributed by atoms with Crippen molar-refractivity contribution in [1.82, 2.24) is 19.8 Å². The fraction of sp³-hybridized carbons (Fsp3) is 0.242. The molecule has 3 N–H and O–H groups in total. The number of nitrogens with one attached hydrogen (secondary N) is 3. The Morgan fingerprint density at radius 2 is 1.71 bits per heavy atom. The van der Waals surface area contributed by atoms with Crippen LogP contribution in [0.1, 0.15) is 22.7 Å². The van der Waals surface area contributed by atoms with Crippen molar-refractivity contribution in [3.8, 4) is 11.5 Å². The predicted molar refractivity (Wildman–Crippen MR) is 176 cm³/mol. The SMILES string of the molecule is COc1ccc(NC(=O)C(c2ccccc2OC)N(CCNC(=O)OCc2ccccc2)C(=O)Cn2cc(C)c(=O)[nH]c2=O)c([N+](=O)[O-])c1. The van der Waals surface area contributed by atoms with Gasteiger partial charge in [0.25, 0.3) is 17.2 Å². The van der Waals surface area contributed by atoms with Gasteiger partial charge in [-0.05, 0) is 30.7 Å². The lowest BCUT2D eigenvalue weighted by atomic mass is 10.0. The number of hydrogen-bond acceptors (Lipinski definition) is 10. The fourth-order valence-electron chi connectivity index (χ4n) is 4.86. The third kappa shape index (κ3) is 9.09. The summed E-state index contributed by atoms with van der Waals surface area (Å²) < 4.78 is 16.8. The Balaban J connectivity index is 1.71. The van der Waals surface area contributed by atoms with Gasteiger partial charge in [-0.1, -0.05) is 48.5 Å². The first-order valence-corrected chi connectivity index (χ1v) is 14.8. The minimum Gasteiger partial charge on any atom is -0.496 e. The van der Waals surface area contributed by atoms with Crippen LogP contribution in [0.5, 0.6) is 11.5 Å². The second-order valence-electron chi connectivity index (χ2n) is 10.5. The summed E-state index contributed by atoms with van der Waals surface area (Å²) in [5.74, 6) is -1.27. The first-order chi connectivity index (χ1) is 23.5. The molecule has 256 valence electrons. The van der Waals surface area contributed by atoms with Crippen molar-refractivity contribution in [3.63, 3.8) is 0 Å². The molecule has 16 nitrogen and oxygen atoms in total. The topological polar surface area (TPSA) is 204 Å². The van der Waals surface area contributed by atoms with Crippen molar-refractivity contribution in [2.45, 2.75) is 26.1 Å². The number of aromatic amines is 1. The van der Waals surface area contributed by atoms with Gasteiger partial charge in [0.2, 0.25) is 5.91 Å². The zero-order chi connectivity index (χ0) is 35.5. The van der Waals surface area contributed by atoms with Gasteiger partial charge < -0.3 is 29.7 Å². The van der Waals surface area contributed by atoms with Crippen molar-refractivity contribution >= 4 is 29.3 Å². The van der Waals surface area contributed by atoms with E-state index in [1.807, 2.05) is 6.07 Å². The summed E-state index contributed by atoms with van der Waals surface area (Å²) in [6.07, 6.45) is 0.408. The molecule has 0 saturated heterocycles. The highest BCUT2D eigenvalue weighted by molar-refractivity contribution is 6.00. The summed E-state index contributed by atoms with van der Waals surface area (Å²) in [5.41, 5.74) is -1.04. The van der Waals surface area contributed by atoms with Gasteiger partial charge in [0, 0.05) is 30.4 Å². The molecule has 1 aromatic heterocycles. The molecular formula is C33H34N6O10. The van der Waals surface area contributed by atoms with E-state index in [1.165, 1.54) is 45.5 Å². The number of amides is 3. The summed E-state index contributed by atoms with van der Waals surface area (Å²) in [4.78, 5) is 79.8. The summed E-state index contributed by atoms with van der Waals surface area (Å²) >= 11 is 0. The van der Waals surface area contributed by atoms with Crippen molar-refractivity contribution in [2.75, 3.05) is 32.6 Å². The highest BCUT2D eigenvalue weighted by Crippen LogP contribution is 2.34. The first-order valence-electron chi connectivity index (χ1n) is 14.8. The number of H-pyrrole nitrogens is 1. The zero-order valence-electron chi connectivity index (χ0n) is 26.8. The second-order valence-corrected chi connectivity index (χ2v) is 10.5. The molecule has 0 saturated carbocycles. The number of alkyl carbamates (subject to hydrolysis) is 1. The van der Waals surface area contributed by atoms with E-state index in [2.05, 4.69) is 15.6 Å². The van der Waals surface area contributed by atoms with Gasteiger partial charge in [0.1, 0.15) is 36.4 Å². The van der Waals surface area contributed by atoms with Crippen molar-refractivity contribution < 1.29 is 33.5 Å². The number of nitro benzene ring substituents is 1. The van der Waals surface area contributed by atoms with E-state index in [1.54, 1.807) is 42.5 Å². The average Bonchev–Trinajstić information content (AvgIpc) is 3.09. The van der Waals surface area contributed by atoms with Crippen molar-refractivity contribution in [1.29, 1.82) is 0 Å². The van der Waals surface area contributed by atoms with Gasteiger partial charge in [-0.15, -0.1) is 0 Å². The maximum Gasteiger partial charge on any atom is 0.407 e. The summed E-state index contributed by atoms with van der Waals surface area (Å²) in [6.45, 7) is 0.319. The van der Waals surface area contributed by atoms with E-state index < -0.39 is 52.4 Å². The van der Waals surface area contributed by atoms with Gasteiger partial charge in [0.15, 0.2) is 0 Å². The molecule has 0 spiro atoms. The molecular weight excluding hydrogens is 640 g/mol. The molecule has 0 radical (unpaired) electrons. The van der Waals surface area contributed by atoms with Crippen molar-refractivity contribution in [3.05, 3.63) is 127 Å². The molecule has 49 heavy (non-hydrogen) atoms. The summed E-state index contributed by atoms with van der Waals surface area (Å²) in [5, 5.41) is 17.0. The van der Waals surface area contributed by atoms with Crippen LogP contribution in [-0.4, -0.2) is 64.6 Å². The Morgan fingerprint density at radius 1 is 1.00 bits per heavy atom. The number of methoxy groups -OCH3 is 2. The van der Waals surface area contributed by atoms with Gasteiger partial charge in [-0.2, -0.15) is 0 Å². The molecule has 4 rings (SSSR count). The molecule has 3 amide bonds. The minimum absolute atomic E-state index is 0.0172. The maximum absolute atomic E-state index is 14.2. The third-order valence-corrected chi connectivity index (χ3v) is 7.30. The highest BCUT2D eigenvalue weighted by atomic mass is 16.6. The number of para-hydroxylation sites is 1. The monoisotopic (exact) mass is 674 g/mol. The van der Waals surface area contributed by atoms with E-state index >= 15 is 0 Å². The maximum atomic E-state index is 14.2. The van der Waals surface area contributed by atoms with Crippen LogP contribution in [0.25, 0.3) is 0 Å². The number of nitrogens with zero attached hydrogens (tertiary/aromatic N) is 3. The lowest BCUT2D eigenvalue weighted by Gasteiger charge is -2.32. The Labute approximate surface area is 279 Å². The van der Waals surface area contributed by atoms with Crippen molar-refractivity contribution in [2.24, 2.45) is 0 Å². The number of carbonyl (C=O) groups is 3. The van der Waals surface area contributed by atoms with Gasteiger partial charge in [-0.25, -0.2) is 9.59 Å². The molecule has 1 heterocycles. The number of nitro groups is 1. The second kappa shape index (κ2) is 16.4. The molecule has 0 bridgehead atoms. The molecule has 0 fully saturated rings. The van der Waals surface area contributed by atoms with E-state index in [0.29, 0.717) is 0 Å². The standard InChI is InChI=1S/C33H34N6O10/c1-21-18-37(32(43)36-30(21)41)19-28(40)38(16-15-34-33(44)49-20-22-9-5-4-6-10-22)29(24-11-7-8-12-27(24)48-3)31(42)35-25-14-13-23(47-2)17-26(25)39(45)46/h4-14,17-18,29H,15-16,19-20H2,1-3H3,(H,34,44)(H,35,42)(H,36,41,43). The van der Waals surface area contributed by atoms with Crippen LogP contribution in [-0.2, 0) is 27.5 Å². The van der Waals surface area contributed by atoms with E-state index in [0.717, 1.165) is 21.1 Å². The van der Waals surface area contributed by atoms with Gasteiger partial charge in [-0.3, -0.25) is 34.0 Å². The molecule has 16 heteroatoms. The molecule has 1 atom stereocenters. The number of benzene rings is 3. The van der Waals surface area contributed by atoms with E-state index in [4.69, 9.17) is 14.2 Å². The molecule has 0 aliphatic carbocycles. The van der Waals surface area contributed by atoms with Crippen LogP contribution in [0.3, 0.4) is 0 Å². The van der Waals surface area contributed by atoms with Crippen LogP contribution in [0, 0.1) is 17.0 Å². The molecule has 3 aromatic carbocycles. The lowest BCUT2D eigenvalue weighted by Crippen LogP contribution is -2.47. The molecule has 1 unspecified atom stereocenters. The number of carbonyl (C=O) groups excluding carboxylic acids is 3. The Bertz CT molecular complexity index is 1940. The largest absolute Gasteiger partial charge is 0.496 e. The first kappa shape index (κ1) is 35.4. The Morgan fingerprint density at radius 3 is 2.41 bits per heavy atom. The molecule has 0 aliphatic heterocycles. The normalized spacial score (nSPS) is 11.2. The number of rotatable bonds is 14. The van der Waals surface area contributed by atoms with Crippen LogP contribution in [0.4, 0.5) is 16.2 Å². The van der Waals surface area contributed by atoms with Crippen LogP contribution in [0.2, 0.25) is 0 Å². The summed E-state index contributed by atoms with van der Waals surface area (Å²) in [7, 11) is 2.69. The number of hydrogen-bond donors (Lipinski definition) is 3. The van der Waals surface area contributed by atoms with Crippen LogP contribution >= 0.6 is 0 Å². The lowest BCUT2D eigenvalue weighted by molar-refractivity contribution is -0.384. The Kier molecular flexibility index (Phi) is 11.8. The van der Waals surface area contributed by atoms with E-state index in [-0.39, 0.29) is 48.0 Å². The average molecular weight is 675 g/mol. The zero-order valence-corrected chi connectivity index (χ0v) is 26.8. The highest BCUT2D eigenvalue weighted by Gasteiger charge is 2.35. The number of ether oxygens (including phenoxy) is 3. The van der Waals surface area contributed by atoms with Gasteiger partial charge >= 0.3 is 11.8 Å². The van der Waals surface area contributed by atoms with Gasteiger partial charge in [0.05, 0.1) is 25.2 Å². The number of anilines is 1. The minimum atomic E-state index is -1.51. The van der Waals surface area contributed by atoms with E-state index in [9.17, 15) is 34.1 Å². The van der Waals surface area contributed by atoms with Crippen LogP contribution in [0.15, 0.2) is 88.6 Å². The number of aromatic nitrogens is 2. The Hall–Kier alpha value is -6.45.